The van der Waals surface area contributed by atoms with Gasteiger partial charge in [-0.05, 0) is 19.3 Å². The van der Waals surface area contributed by atoms with E-state index in [1.807, 2.05) is 0 Å². The van der Waals surface area contributed by atoms with E-state index in [0.717, 1.165) is 32.1 Å². The standard InChI is InChI=1S/C15H24O5/c1-17-9-11-12(10-18-2)20-15(19-11)8-7-14(13(15)16)5-3-4-6-14/h11-12H,3-10H2,1-2H3/t11-,12-/m0/s1. The minimum Gasteiger partial charge on any atom is -0.382 e. The number of rotatable bonds is 4. The van der Waals surface area contributed by atoms with Gasteiger partial charge in [0.2, 0.25) is 5.79 Å². The first-order chi connectivity index (χ1) is 9.66. The molecule has 2 spiro atoms. The summed E-state index contributed by atoms with van der Waals surface area (Å²) in [5.41, 5.74) is -0.181. The molecule has 0 aromatic heterocycles. The highest BCUT2D eigenvalue weighted by Gasteiger charge is 2.63. The molecule has 20 heavy (non-hydrogen) atoms. The highest BCUT2D eigenvalue weighted by Crippen LogP contribution is 2.55. The smallest absolute Gasteiger partial charge is 0.230 e. The molecule has 3 rings (SSSR count). The maximum absolute atomic E-state index is 12.9. The second kappa shape index (κ2) is 5.37. The van der Waals surface area contributed by atoms with Gasteiger partial charge in [-0.3, -0.25) is 4.79 Å². The average Bonchev–Trinajstić information content (AvgIpc) is 3.10. The Bertz CT molecular complexity index is 360. The van der Waals surface area contributed by atoms with Gasteiger partial charge >= 0.3 is 0 Å². The van der Waals surface area contributed by atoms with Gasteiger partial charge in [-0.15, -0.1) is 0 Å². The van der Waals surface area contributed by atoms with Crippen LogP contribution in [-0.4, -0.2) is 51.2 Å². The van der Waals surface area contributed by atoms with Crippen molar-refractivity contribution in [3.63, 3.8) is 0 Å². The number of ketones is 1. The van der Waals surface area contributed by atoms with Crippen LogP contribution >= 0.6 is 0 Å². The second-order valence-electron chi connectivity index (χ2n) is 6.29. The predicted molar refractivity (Wildman–Crippen MR) is 71.4 cm³/mol. The first-order valence-electron chi connectivity index (χ1n) is 7.54. The Morgan fingerprint density at radius 2 is 1.55 bits per heavy atom. The Balaban J connectivity index is 1.78. The first kappa shape index (κ1) is 14.4. The fourth-order valence-electron chi connectivity index (χ4n) is 4.07. The van der Waals surface area contributed by atoms with Gasteiger partial charge in [0.05, 0.1) is 13.2 Å². The molecule has 2 atom stereocenters. The Morgan fingerprint density at radius 3 is 2.05 bits per heavy atom. The molecule has 0 aromatic rings. The van der Waals surface area contributed by atoms with Crippen molar-refractivity contribution >= 4 is 5.78 Å². The number of hydrogen-bond donors (Lipinski definition) is 0. The second-order valence-corrected chi connectivity index (χ2v) is 6.29. The van der Waals surface area contributed by atoms with Crippen LogP contribution in [0.25, 0.3) is 0 Å². The zero-order valence-electron chi connectivity index (χ0n) is 12.4. The van der Waals surface area contributed by atoms with Gasteiger partial charge in [0.15, 0.2) is 5.78 Å². The first-order valence-corrected chi connectivity index (χ1v) is 7.54. The Kier molecular flexibility index (Phi) is 3.88. The van der Waals surface area contributed by atoms with Crippen LogP contribution in [0.3, 0.4) is 0 Å². The predicted octanol–water partition coefficient (Wildman–Crippen LogP) is 1.68. The van der Waals surface area contributed by atoms with Crippen molar-refractivity contribution in [3.8, 4) is 0 Å². The van der Waals surface area contributed by atoms with E-state index in [1.165, 1.54) is 0 Å². The quantitative estimate of drug-likeness (QED) is 0.786. The highest BCUT2D eigenvalue weighted by atomic mass is 16.8. The lowest BCUT2D eigenvalue weighted by Crippen LogP contribution is -2.41. The van der Waals surface area contributed by atoms with Crippen LogP contribution in [0.4, 0.5) is 0 Å². The molecule has 2 aliphatic carbocycles. The van der Waals surface area contributed by atoms with Crippen molar-refractivity contribution in [2.45, 2.75) is 56.5 Å². The normalized spacial score (nSPS) is 34.6. The minimum atomic E-state index is -1.03. The molecule has 3 aliphatic rings. The van der Waals surface area contributed by atoms with Crippen molar-refractivity contribution < 1.29 is 23.7 Å². The third-order valence-electron chi connectivity index (χ3n) is 5.08. The van der Waals surface area contributed by atoms with Crippen molar-refractivity contribution in [1.29, 1.82) is 0 Å². The van der Waals surface area contributed by atoms with Gasteiger partial charge in [0.25, 0.3) is 0 Å². The molecule has 0 radical (unpaired) electrons. The van der Waals surface area contributed by atoms with E-state index >= 15 is 0 Å². The molecular weight excluding hydrogens is 260 g/mol. The Labute approximate surface area is 119 Å². The Hall–Kier alpha value is -0.490. The SMILES string of the molecule is COC[C@@H]1OC2(CCC3(CCCC3)C2=O)O[C@H]1COC. The van der Waals surface area contributed by atoms with Crippen LogP contribution in [0, 0.1) is 5.41 Å². The van der Waals surface area contributed by atoms with Crippen molar-refractivity contribution in [2.75, 3.05) is 27.4 Å². The largest absolute Gasteiger partial charge is 0.382 e. The number of ether oxygens (including phenoxy) is 4. The lowest BCUT2D eigenvalue weighted by molar-refractivity contribution is -0.189. The monoisotopic (exact) mass is 284 g/mol. The van der Waals surface area contributed by atoms with Gasteiger partial charge < -0.3 is 18.9 Å². The summed E-state index contributed by atoms with van der Waals surface area (Å²) >= 11 is 0. The van der Waals surface area contributed by atoms with Crippen molar-refractivity contribution in [1.82, 2.24) is 0 Å². The molecular formula is C15H24O5. The van der Waals surface area contributed by atoms with Gasteiger partial charge in [-0.25, -0.2) is 0 Å². The van der Waals surface area contributed by atoms with E-state index < -0.39 is 5.79 Å². The molecule has 5 nitrogen and oxygen atoms in total. The number of Topliss-reactive ketones (excluding diaryl/α,β-unsaturated/α-hetero) is 1. The number of hydrogen-bond acceptors (Lipinski definition) is 5. The molecule has 0 unspecified atom stereocenters. The van der Waals surface area contributed by atoms with Crippen LogP contribution in [0.2, 0.25) is 0 Å². The molecule has 0 amide bonds. The van der Waals surface area contributed by atoms with E-state index in [1.54, 1.807) is 14.2 Å². The number of methoxy groups -OCH3 is 2. The lowest BCUT2D eigenvalue weighted by Gasteiger charge is -2.25. The highest BCUT2D eigenvalue weighted by molar-refractivity contribution is 5.94. The summed E-state index contributed by atoms with van der Waals surface area (Å²) in [5, 5.41) is 0. The molecule has 3 fully saturated rings. The molecule has 0 bridgehead atoms. The van der Waals surface area contributed by atoms with Gasteiger partial charge in [-0.1, -0.05) is 12.8 Å². The molecule has 0 aromatic carbocycles. The molecule has 1 heterocycles. The van der Waals surface area contributed by atoms with E-state index in [-0.39, 0.29) is 23.4 Å². The molecule has 0 N–H and O–H groups in total. The number of carbonyl (C=O) groups excluding carboxylic acids is 1. The van der Waals surface area contributed by atoms with Crippen LogP contribution in [0.15, 0.2) is 0 Å². The average molecular weight is 284 g/mol. The number of carbonyl (C=O) groups is 1. The molecule has 2 saturated carbocycles. The molecule has 114 valence electrons. The third kappa shape index (κ3) is 2.11. The molecule has 1 saturated heterocycles. The lowest BCUT2D eigenvalue weighted by atomic mass is 9.83. The summed E-state index contributed by atoms with van der Waals surface area (Å²) in [6.07, 6.45) is 5.39. The van der Waals surface area contributed by atoms with Crippen LogP contribution in [0.1, 0.15) is 38.5 Å². The fourth-order valence-corrected chi connectivity index (χ4v) is 4.07. The van der Waals surface area contributed by atoms with Crippen molar-refractivity contribution in [2.24, 2.45) is 5.41 Å². The van der Waals surface area contributed by atoms with E-state index in [2.05, 4.69) is 0 Å². The van der Waals surface area contributed by atoms with E-state index in [4.69, 9.17) is 18.9 Å². The van der Waals surface area contributed by atoms with Crippen LogP contribution in [0.5, 0.6) is 0 Å². The summed E-state index contributed by atoms with van der Waals surface area (Å²) in [6, 6.07) is 0. The summed E-state index contributed by atoms with van der Waals surface area (Å²) in [5.74, 6) is -0.862. The zero-order chi connectivity index (χ0) is 14.2. The maximum atomic E-state index is 12.9. The topological polar surface area (TPSA) is 54.0 Å². The summed E-state index contributed by atoms with van der Waals surface area (Å²) in [4.78, 5) is 12.9. The van der Waals surface area contributed by atoms with E-state index in [0.29, 0.717) is 19.6 Å². The van der Waals surface area contributed by atoms with Crippen molar-refractivity contribution in [3.05, 3.63) is 0 Å². The molecule has 1 aliphatic heterocycles. The van der Waals surface area contributed by atoms with Crippen LogP contribution < -0.4 is 0 Å². The van der Waals surface area contributed by atoms with E-state index in [9.17, 15) is 4.79 Å². The van der Waals surface area contributed by atoms with Crippen LogP contribution in [-0.2, 0) is 23.7 Å². The zero-order valence-corrected chi connectivity index (χ0v) is 12.4. The van der Waals surface area contributed by atoms with Gasteiger partial charge in [0, 0.05) is 26.1 Å². The van der Waals surface area contributed by atoms with Gasteiger partial charge in [-0.2, -0.15) is 0 Å². The minimum absolute atomic E-state index is 0.169. The fraction of sp³-hybridized carbons (Fsp3) is 0.933. The molecule has 5 heteroatoms. The Morgan fingerprint density at radius 1 is 1.00 bits per heavy atom. The summed E-state index contributed by atoms with van der Waals surface area (Å²) in [6.45, 7) is 0.853. The van der Waals surface area contributed by atoms with Gasteiger partial charge in [0.1, 0.15) is 12.2 Å². The third-order valence-corrected chi connectivity index (χ3v) is 5.08. The summed E-state index contributed by atoms with van der Waals surface area (Å²) < 4.78 is 22.4. The summed E-state index contributed by atoms with van der Waals surface area (Å²) in [7, 11) is 3.26. The maximum Gasteiger partial charge on any atom is 0.230 e.